The monoisotopic (exact) mass is 341 g/mol. The van der Waals surface area contributed by atoms with Crippen LogP contribution in [0.15, 0.2) is 4.99 Å². The van der Waals surface area contributed by atoms with Gasteiger partial charge in [0.05, 0.1) is 13.2 Å². The lowest BCUT2D eigenvalue weighted by molar-refractivity contribution is -0.00833. The molecule has 1 aliphatic heterocycles. The summed E-state index contributed by atoms with van der Waals surface area (Å²) >= 11 is 0. The standard InChI is InChI=1S/C18H39N5O/c1-6-22(7-2)11-9-8-10-20-17(19-5)21-16-18(3,4)23-12-14-24-15-13-23/h6-16H2,1-5H3,(H2,19,20,21). The Bertz CT molecular complexity index is 349. The third-order valence-electron chi connectivity index (χ3n) is 4.87. The molecular weight excluding hydrogens is 302 g/mol. The van der Waals surface area contributed by atoms with E-state index in [1.54, 1.807) is 0 Å². The number of hydrogen-bond donors (Lipinski definition) is 2. The van der Waals surface area contributed by atoms with Crippen molar-refractivity contribution in [2.45, 2.75) is 46.1 Å². The van der Waals surface area contributed by atoms with Gasteiger partial charge in [0.2, 0.25) is 0 Å². The number of unbranched alkanes of at least 4 members (excludes halogenated alkanes) is 1. The van der Waals surface area contributed by atoms with Crippen molar-refractivity contribution >= 4 is 5.96 Å². The lowest BCUT2D eigenvalue weighted by atomic mass is 10.0. The van der Waals surface area contributed by atoms with Crippen molar-refractivity contribution in [3.05, 3.63) is 0 Å². The molecule has 24 heavy (non-hydrogen) atoms. The molecule has 6 nitrogen and oxygen atoms in total. The zero-order chi connectivity index (χ0) is 17.8. The minimum Gasteiger partial charge on any atom is -0.379 e. The predicted octanol–water partition coefficient (Wildman–Crippen LogP) is 1.38. The van der Waals surface area contributed by atoms with Gasteiger partial charge in [0, 0.05) is 38.8 Å². The van der Waals surface area contributed by atoms with Crippen molar-refractivity contribution < 1.29 is 4.74 Å². The van der Waals surface area contributed by atoms with Crippen LogP contribution in [-0.4, -0.2) is 87.4 Å². The number of morpholine rings is 1. The maximum Gasteiger partial charge on any atom is 0.191 e. The van der Waals surface area contributed by atoms with Crippen molar-refractivity contribution in [3.8, 4) is 0 Å². The fraction of sp³-hybridized carbons (Fsp3) is 0.944. The Morgan fingerprint density at radius 1 is 1.12 bits per heavy atom. The summed E-state index contributed by atoms with van der Waals surface area (Å²) in [4.78, 5) is 9.30. The van der Waals surface area contributed by atoms with Gasteiger partial charge in [0.25, 0.3) is 0 Å². The molecule has 1 aliphatic rings. The molecule has 0 aromatic rings. The van der Waals surface area contributed by atoms with E-state index in [0.29, 0.717) is 0 Å². The largest absolute Gasteiger partial charge is 0.379 e. The summed E-state index contributed by atoms with van der Waals surface area (Å²) in [5.41, 5.74) is 0.101. The van der Waals surface area contributed by atoms with E-state index in [-0.39, 0.29) is 5.54 Å². The molecule has 0 spiro atoms. The summed E-state index contributed by atoms with van der Waals surface area (Å²) in [5.74, 6) is 0.902. The van der Waals surface area contributed by atoms with E-state index in [9.17, 15) is 0 Å². The molecule has 0 aromatic carbocycles. The predicted molar refractivity (Wildman–Crippen MR) is 103 cm³/mol. The number of guanidine groups is 1. The highest BCUT2D eigenvalue weighted by Crippen LogP contribution is 2.14. The van der Waals surface area contributed by atoms with Gasteiger partial charge in [-0.1, -0.05) is 13.8 Å². The summed E-state index contributed by atoms with van der Waals surface area (Å²) in [6.07, 6.45) is 2.40. The van der Waals surface area contributed by atoms with Crippen molar-refractivity contribution in [1.82, 2.24) is 20.4 Å². The van der Waals surface area contributed by atoms with Crippen LogP contribution in [0.25, 0.3) is 0 Å². The zero-order valence-electron chi connectivity index (χ0n) is 16.5. The van der Waals surface area contributed by atoms with Crippen molar-refractivity contribution in [2.24, 2.45) is 4.99 Å². The normalized spacial score (nSPS) is 17.3. The maximum absolute atomic E-state index is 5.45. The fourth-order valence-corrected chi connectivity index (χ4v) is 3.01. The zero-order valence-corrected chi connectivity index (χ0v) is 16.5. The summed E-state index contributed by atoms with van der Waals surface area (Å²) < 4.78 is 5.45. The molecule has 0 atom stereocenters. The van der Waals surface area contributed by atoms with Crippen LogP contribution in [0, 0.1) is 0 Å². The number of nitrogens with zero attached hydrogens (tertiary/aromatic N) is 3. The molecule has 0 aromatic heterocycles. The number of rotatable bonds is 10. The highest BCUT2D eigenvalue weighted by Gasteiger charge is 2.28. The van der Waals surface area contributed by atoms with Gasteiger partial charge in [0.15, 0.2) is 5.96 Å². The van der Waals surface area contributed by atoms with Gasteiger partial charge in [0.1, 0.15) is 0 Å². The number of aliphatic imine (C=N–C) groups is 1. The first-order valence-electron chi connectivity index (χ1n) is 9.53. The van der Waals surface area contributed by atoms with Gasteiger partial charge in [-0.05, 0) is 46.3 Å². The number of hydrogen-bond acceptors (Lipinski definition) is 4. The second-order valence-electron chi connectivity index (χ2n) is 7.00. The first-order chi connectivity index (χ1) is 11.5. The summed E-state index contributed by atoms with van der Waals surface area (Å²) in [6.45, 7) is 18.0. The number of nitrogens with one attached hydrogen (secondary N) is 2. The molecule has 2 N–H and O–H groups in total. The van der Waals surface area contributed by atoms with Gasteiger partial charge in [-0.15, -0.1) is 0 Å². The average Bonchev–Trinajstić information content (AvgIpc) is 2.61. The van der Waals surface area contributed by atoms with Crippen molar-refractivity contribution in [1.29, 1.82) is 0 Å². The van der Waals surface area contributed by atoms with E-state index in [1.165, 1.54) is 19.4 Å². The van der Waals surface area contributed by atoms with Gasteiger partial charge < -0.3 is 20.3 Å². The van der Waals surface area contributed by atoms with E-state index in [2.05, 4.69) is 53.1 Å². The average molecular weight is 342 g/mol. The Balaban J connectivity index is 2.22. The summed E-state index contributed by atoms with van der Waals surface area (Å²) in [7, 11) is 1.84. The van der Waals surface area contributed by atoms with E-state index in [1.807, 2.05) is 7.05 Å². The van der Waals surface area contributed by atoms with E-state index < -0.39 is 0 Å². The third-order valence-corrected chi connectivity index (χ3v) is 4.87. The van der Waals surface area contributed by atoms with Gasteiger partial charge in [-0.2, -0.15) is 0 Å². The molecule has 142 valence electrons. The van der Waals surface area contributed by atoms with E-state index in [0.717, 1.165) is 58.4 Å². The van der Waals surface area contributed by atoms with Crippen LogP contribution < -0.4 is 10.6 Å². The van der Waals surface area contributed by atoms with Gasteiger partial charge in [-0.25, -0.2) is 0 Å². The lowest BCUT2D eigenvalue weighted by Gasteiger charge is -2.41. The van der Waals surface area contributed by atoms with Crippen LogP contribution in [0.3, 0.4) is 0 Å². The SMILES string of the molecule is CCN(CC)CCCCNC(=NC)NCC(C)(C)N1CCOCC1. The minimum atomic E-state index is 0.101. The molecule has 1 rings (SSSR count). The smallest absolute Gasteiger partial charge is 0.191 e. The topological polar surface area (TPSA) is 52.1 Å². The molecule has 1 fully saturated rings. The van der Waals surface area contributed by atoms with Crippen LogP contribution in [-0.2, 0) is 4.74 Å². The van der Waals surface area contributed by atoms with Crippen LogP contribution in [0.2, 0.25) is 0 Å². The summed E-state index contributed by atoms with van der Waals surface area (Å²) in [5, 5.41) is 6.91. The Kier molecular flexibility index (Phi) is 10.3. The quantitative estimate of drug-likeness (QED) is 0.357. The Hall–Kier alpha value is -0.850. The van der Waals surface area contributed by atoms with Crippen LogP contribution in [0.1, 0.15) is 40.5 Å². The highest BCUT2D eigenvalue weighted by atomic mass is 16.5. The van der Waals surface area contributed by atoms with Crippen molar-refractivity contribution in [3.63, 3.8) is 0 Å². The summed E-state index contributed by atoms with van der Waals surface area (Å²) in [6, 6.07) is 0. The van der Waals surface area contributed by atoms with Crippen LogP contribution in [0.4, 0.5) is 0 Å². The molecule has 6 heteroatoms. The maximum atomic E-state index is 5.45. The molecule has 1 saturated heterocycles. The van der Waals surface area contributed by atoms with Crippen LogP contribution in [0.5, 0.6) is 0 Å². The lowest BCUT2D eigenvalue weighted by Crippen LogP contribution is -2.56. The van der Waals surface area contributed by atoms with E-state index >= 15 is 0 Å². The third kappa shape index (κ3) is 7.81. The second-order valence-corrected chi connectivity index (χ2v) is 7.00. The molecule has 0 aliphatic carbocycles. The molecule has 0 unspecified atom stereocenters. The van der Waals surface area contributed by atoms with Gasteiger partial charge in [-0.3, -0.25) is 9.89 Å². The van der Waals surface area contributed by atoms with Gasteiger partial charge >= 0.3 is 0 Å². The van der Waals surface area contributed by atoms with Crippen LogP contribution >= 0.6 is 0 Å². The molecule has 0 radical (unpaired) electrons. The van der Waals surface area contributed by atoms with Crippen molar-refractivity contribution in [2.75, 3.05) is 66.1 Å². The number of ether oxygens (including phenoxy) is 1. The Morgan fingerprint density at radius 3 is 2.38 bits per heavy atom. The molecular formula is C18H39N5O. The fourth-order valence-electron chi connectivity index (χ4n) is 3.01. The first kappa shape index (κ1) is 21.2. The molecule has 0 amide bonds. The highest BCUT2D eigenvalue weighted by molar-refractivity contribution is 5.79. The molecule has 1 heterocycles. The Morgan fingerprint density at radius 2 is 1.79 bits per heavy atom. The Labute approximate surface area is 149 Å². The molecule has 0 bridgehead atoms. The van der Waals surface area contributed by atoms with E-state index in [4.69, 9.17) is 4.74 Å². The minimum absolute atomic E-state index is 0.101. The first-order valence-corrected chi connectivity index (χ1v) is 9.53. The molecule has 0 saturated carbocycles. The second kappa shape index (κ2) is 11.7.